The molecule has 0 fully saturated rings. The Balaban J connectivity index is 1.41. The van der Waals surface area contributed by atoms with Crippen molar-refractivity contribution in [1.29, 1.82) is 0 Å². The Kier molecular flexibility index (Phi) is 4.32. The fraction of sp³-hybridized carbons (Fsp3) is 0.125. The molecule has 1 aliphatic carbocycles. The minimum Gasteiger partial charge on any atom is -0.508 e. The smallest absolute Gasteiger partial charge is 0.289 e. The summed E-state index contributed by atoms with van der Waals surface area (Å²) in [5.74, 6) is -0.226. The number of amides is 1. The summed E-state index contributed by atoms with van der Waals surface area (Å²) in [5, 5.41) is 23.4. The van der Waals surface area contributed by atoms with Crippen molar-refractivity contribution in [2.45, 2.75) is 19.8 Å². The molecule has 1 aromatic heterocycles. The number of carbonyl (C=O) groups is 1. The van der Waals surface area contributed by atoms with Crippen LogP contribution < -0.4 is 5.43 Å². The van der Waals surface area contributed by atoms with Crippen molar-refractivity contribution in [2.24, 2.45) is 5.10 Å². The number of phenolic OH excluding ortho intramolecular Hbond substituents is 1. The summed E-state index contributed by atoms with van der Waals surface area (Å²) in [6, 6.07) is 19.1. The molecule has 0 radical (unpaired) electrons. The van der Waals surface area contributed by atoms with Gasteiger partial charge in [0, 0.05) is 11.1 Å². The zero-order chi connectivity index (χ0) is 20.7. The highest BCUT2D eigenvalue weighted by atomic mass is 16.3. The van der Waals surface area contributed by atoms with Gasteiger partial charge >= 0.3 is 0 Å². The molecule has 148 valence electrons. The normalized spacial score (nSPS) is 13.0. The number of rotatable bonds is 4. The molecule has 3 N–H and O–H groups in total. The second kappa shape index (κ2) is 7.15. The minimum atomic E-state index is -0.376. The SMILES string of the molecule is C/C(=N/NC(=O)c1cc(-c2ccc3c4c(cccc24)CC3)n[nH]1)c1cccc(O)c1. The van der Waals surface area contributed by atoms with E-state index in [1.54, 1.807) is 31.2 Å². The summed E-state index contributed by atoms with van der Waals surface area (Å²) in [6.07, 6.45) is 2.14. The van der Waals surface area contributed by atoms with E-state index in [0.717, 1.165) is 29.7 Å². The van der Waals surface area contributed by atoms with Crippen molar-refractivity contribution >= 4 is 22.4 Å². The van der Waals surface area contributed by atoms with Crippen LogP contribution >= 0.6 is 0 Å². The summed E-state index contributed by atoms with van der Waals surface area (Å²) in [5.41, 5.74) is 8.67. The number of aromatic hydroxyl groups is 1. The lowest BCUT2D eigenvalue weighted by molar-refractivity contribution is 0.0950. The quantitative estimate of drug-likeness (QED) is 0.357. The lowest BCUT2D eigenvalue weighted by Crippen LogP contribution is -2.19. The van der Waals surface area contributed by atoms with Crippen molar-refractivity contribution in [3.8, 4) is 17.0 Å². The van der Waals surface area contributed by atoms with Crippen molar-refractivity contribution < 1.29 is 9.90 Å². The zero-order valence-electron chi connectivity index (χ0n) is 16.4. The number of phenols is 1. The first-order valence-corrected chi connectivity index (χ1v) is 9.83. The first kappa shape index (κ1) is 18.1. The van der Waals surface area contributed by atoms with E-state index in [9.17, 15) is 9.90 Å². The van der Waals surface area contributed by atoms with Crippen LogP contribution in [0.3, 0.4) is 0 Å². The van der Waals surface area contributed by atoms with E-state index in [4.69, 9.17) is 0 Å². The van der Waals surface area contributed by atoms with E-state index in [-0.39, 0.29) is 11.7 Å². The van der Waals surface area contributed by atoms with Crippen LogP contribution in [0, 0.1) is 0 Å². The average molecular weight is 396 g/mol. The molecule has 4 aromatic rings. The standard InChI is InChI=1S/C24H20N4O2/c1-14(17-5-2-6-18(29)12-17)25-28-24(30)22-13-21(26-27-22)19-11-10-16-9-8-15-4-3-7-20(19)23(15)16/h2-7,10-13,29H,8-9H2,1H3,(H,26,27)(H,28,30)/b25-14-. The molecule has 0 aliphatic heterocycles. The van der Waals surface area contributed by atoms with Crippen LogP contribution in [0.2, 0.25) is 0 Å². The number of aromatic nitrogens is 2. The topological polar surface area (TPSA) is 90.4 Å². The van der Waals surface area contributed by atoms with Gasteiger partial charge in [0.15, 0.2) is 0 Å². The van der Waals surface area contributed by atoms with Gasteiger partial charge in [0.2, 0.25) is 0 Å². The molecule has 0 saturated carbocycles. The highest BCUT2D eigenvalue weighted by molar-refractivity contribution is 6.03. The second-order valence-electron chi connectivity index (χ2n) is 7.47. The molecule has 1 amide bonds. The van der Waals surface area contributed by atoms with E-state index in [0.29, 0.717) is 11.4 Å². The number of aryl methyl sites for hydroxylation is 2. The Labute approximate surface area is 173 Å². The summed E-state index contributed by atoms with van der Waals surface area (Å²) in [4.78, 5) is 12.5. The van der Waals surface area contributed by atoms with E-state index >= 15 is 0 Å². The molecular weight excluding hydrogens is 376 g/mol. The summed E-state index contributed by atoms with van der Waals surface area (Å²) >= 11 is 0. The fourth-order valence-electron chi connectivity index (χ4n) is 4.04. The van der Waals surface area contributed by atoms with Crippen LogP contribution in [0.4, 0.5) is 0 Å². The van der Waals surface area contributed by atoms with Crippen LogP contribution in [0.5, 0.6) is 5.75 Å². The molecule has 30 heavy (non-hydrogen) atoms. The van der Waals surface area contributed by atoms with Crippen LogP contribution in [-0.4, -0.2) is 26.9 Å². The van der Waals surface area contributed by atoms with E-state index in [2.05, 4.69) is 51.1 Å². The third-order valence-electron chi connectivity index (χ3n) is 5.56. The van der Waals surface area contributed by atoms with Crippen molar-refractivity contribution in [2.75, 3.05) is 0 Å². The van der Waals surface area contributed by atoms with E-state index in [1.807, 2.05) is 6.07 Å². The molecule has 0 unspecified atom stereocenters. The number of hydrogen-bond donors (Lipinski definition) is 3. The van der Waals surface area contributed by atoms with Crippen LogP contribution in [0.15, 0.2) is 65.8 Å². The number of aromatic amines is 1. The maximum Gasteiger partial charge on any atom is 0.289 e. The fourth-order valence-corrected chi connectivity index (χ4v) is 4.04. The third kappa shape index (κ3) is 3.12. The zero-order valence-corrected chi connectivity index (χ0v) is 16.4. The number of nitrogens with one attached hydrogen (secondary N) is 2. The largest absolute Gasteiger partial charge is 0.508 e. The van der Waals surface area contributed by atoms with Crippen LogP contribution in [0.25, 0.3) is 22.0 Å². The first-order chi connectivity index (χ1) is 14.6. The maximum absolute atomic E-state index is 12.5. The monoisotopic (exact) mass is 396 g/mol. The summed E-state index contributed by atoms with van der Waals surface area (Å²) in [6.45, 7) is 1.76. The van der Waals surface area contributed by atoms with Gasteiger partial charge < -0.3 is 5.11 Å². The molecule has 0 spiro atoms. The van der Waals surface area contributed by atoms with Crippen molar-refractivity contribution in [3.05, 3.63) is 83.0 Å². The van der Waals surface area contributed by atoms with Gasteiger partial charge in [0.05, 0.1) is 11.4 Å². The molecular formula is C24H20N4O2. The molecule has 1 aliphatic rings. The summed E-state index contributed by atoms with van der Waals surface area (Å²) < 4.78 is 0. The highest BCUT2D eigenvalue weighted by Crippen LogP contribution is 2.36. The van der Waals surface area contributed by atoms with Crippen LogP contribution in [0.1, 0.15) is 34.1 Å². The van der Waals surface area contributed by atoms with Gasteiger partial charge in [-0.2, -0.15) is 10.2 Å². The molecule has 5 rings (SSSR count). The van der Waals surface area contributed by atoms with Gasteiger partial charge in [-0.25, -0.2) is 5.43 Å². The molecule has 3 aromatic carbocycles. The van der Waals surface area contributed by atoms with Crippen molar-refractivity contribution in [1.82, 2.24) is 15.6 Å². The Morgan fingerprint density at radius 3 is 2.70 bits per heavy atom. The number of H-pyrrole nitrogens is 1. The molecule has 0 bridgehead atoms. The van der Waals surface area contributed by atoms with E-state index in [1.165, 1.54) is 21.9 Å². The van der Waals surface area contributed by atoms with Gasteiger partial charge in [0.1, 0.15) is 11.4 Å². The molecule has 0 saturated heterocycles. The highest BCUT2D eigenvalue weighted by Gasteiger charge is 2.18. The van der Waals surface area contributed by atoms with Crippen molar-refractivity contribution in [3.63, 3.8) is 0 Å². The van der Waals surface area contributed by atoms with Gasteiger partial charge in [-0.3, -0.25) is 9.89 Å². The summed E-state index contributed by atoms with van der Waals surface area (Å²) in [7, 11) is 0. The van der Waals surface area contributed by atoms with Gasteiger partial charge in [-0.15, -0.1) is 0 Å². The second-order valence-corrected chi connectivity index (χ2v) is 7.47. The van der Waals surface area contributed by atoms with Gasteiger partial charge in [-0.05, 0) is 59.9 Å². The van der Waals surface area contributed by atoms with Gasteiger partial charge in [0.25, 0.3) is 5.91 Å². The Morgan fingerprint density at radius 1 is 1.07 bits per heavy atom. The minimum absolute atomic E-state index is 0.150. The lowest BCUT2D eigenvalue weighted by Gasteiger charge is -2.06. The molecule has 6 heteroatoms. The molecule has 0 atom stereocenters. The predicted octanol–water partition coefficient (Wildman–Crippen LogP) is 4.19. The third-order valence-corrected chi connectivity index (χ3v) is 5.56. The lowest BCUT2D eigenvalue weighted by atomic mass is 9.98. The van der Waals surface area contributed by atoms with Crippen LogP contribution in [-0.2, 0) is 12.8 Å². The first-order valence-electron chi connectivity index (χ1n) is 9.83. The molecule has 6 nitrogen and oxygen atoms in total. The predicted molar refractivity (Wildman–Crippen MR) is 117 cm³/mol. The number of hydrogen-bond acceptors (Lipinski definition) is 4. The number of carbonyl (C=O) groups excluding carboxylic acids is 1. The maximum atomic E-state index is 12.5. The number of benzene rings is 3. The average Bonchev–Trinajstić information content (AvgIpc) is 3.41. The number of nitrogens with zero attached hydrogens (tertiary/aromatic N) is 2. The van der Waals surface area contributed by atoms with E-state index < -0.39 is 0 Å². The van der Waals surface area contributed by atoms with Gasteiger partial charge in [-0.1, -0.05) is 42.5 Å². The number of hydrazone groups is 1. The molecule has 1 heterocycles. The Hall–Kier alpha value is -3.93. The Morgan fingerprint density at radius 2 is 1.87 bits per heavy atom. The Bertz CT molecular complexity index is 1310.